The van der Waals surface area contributed by atoms with Gasteiger partial charge in [0.1, 0.15) is 18.1 Å². The Bertz CT molecular complexity index is 1370. The van der Waals surface area contributed by atoms with Crippen LogP contribution in [-0.4, -0.2) is 41.3 Å². The van der Waals surface area contributed by atoms with Gasteiger partial charge in [0.05, 0.1) is 16.4 Å². The van der Waals surface area contributed by atoms with E-state index in [1.54, 1.807) is 18.2 Å². The molecule has 0 radical (unpaired) electrons. The zero-order valence-electron chi connectivity index (χ0n) is 19.2. The van der Waals surface area contributed by atoms with Crippen LogP contribution in [0.5, 0.6) is 11.5 Å². The summed E-state index contributed by atoms with van der Waals surface area (Å²) in [6.45, 7) is 1.10. The van der Waals surface area contributed by atoms with E-state index in [-0.39, 0.29) is 12.4 Å². The van der Waals surface area contributed by atoms with E-state index in [0.717, 1.165) is 22.3 Å². The van der Waals surface area contributed by atoms with Crippen molar-refractivity contribution in [2.75, 3.05) is 19.4 Å². The Morgan fingerprint density at radius 3 is 2.80 bits per heavy atom. The number of nitrogens with zero attached hydrogens (tertiary/aromatic N) is 3. The lowest BCUT2D eigenvalue weighted by Gasteiger charge is -2.09. The van der Waals surface area contributed by atoms with Crippen LogP contribution in [0.25, 0.3) is 10.2 Å². The van der Waals surface area contributed by atoms with E-state index in [4.69, 9.17) is 16.3 Å². The lowest BCUT2D eigenvalue weighted by molar-refractivity contribution is 0.252. The molecule has 4 rings (SSSR count). The predicted octanol–water partition coefficient (Wildman–Crippen LogP) is 5.45. The molecule has 0 saturated carbocycles. The van der Waals surface area contributed by atoms with E-state index >= 15 is 0 Å². The van der Waals surface area contributed by atoms with E-state index in [1.165, 1.54) is 29.2 Å². The molecule has 2 amide bonds. The van der Waals surface area contributed by atoms with Gasteiger partial charge in [-0.3, -0.25) is 5.32 Å². The standard InChI is InChI=1S/C25H24ClN5O3S/c1-31(2)14-16-7-10-21-23(11-16)35-25(28-21)29-24(33)30-27-13-17-8-9-19(12-22(17)32)34-15-18-5-3-4-6-20(18)26/h3-13,32H,14-15H2,1-2H3,(H2,28,29,30,33)/b27-13+. The molecule has 0 fully saturated rings. The minimum absolute atomic E-state index is 0.0349. The number of benzene rings is 3. The number of aromatic nitrogens is 1. The van der Waals surface area contributed by atoms with Gasteiger partial charge in [0.15, 0.2) is 5.13 Å². The highest BCUT2D eigenvalue weighted by Gasteiger charge is 2.09. The van der Waals surface area contributed by atoms with Gasteiger partial charge in [0, 0.05) is 28.8 Å². The van der Waals surface area contributed by atoms with Crippen LogP contribution in [0.4, 0.5) is 9.93 Å². The van der Waals surface area contributed by atoms with Crippen molar-refractivity contribution in [2.45, 2.75) is 13.2 Å². The number of ether oxygens (including phenoxy) is 1. The zero-order valence-corrected chi connectivity index (χ0v) is 20.7. The van der Waals surface area contributed by atoms with E-state index in [2.05, 4.69) is 31.8 Å². The van der Waals surface area contributed by atoms with Crippen molar-refractivity contribution >= 4 is 50.5 Å². The second-order valence-electron chi connectivity index (χ2n) is 7.98. The summed E-state index contributed by atoms with van der Waals surface area (Å²) in [6, 6.07) is 17.7. The summed E-state index contributed by atoms with van der Waals surface area (Å²) in [5, 5.41) is 17.9. The third-order valence-corrected chi connectivity index (χ3v) is 6.20. The Hall–Kier alpha value is -3.66. The number of phenolic OH excluding ortho intramolecular Hbond substituents is 1. The average molecular weight is 510 g/mol. The molecular formula is C25H24ClN5O3S. The molecule has 0 aliphatic heterocycles. The van der Waals surface area contributed by atoms with E-state index in [0.29, 0.717) is 21.5 Å². The van der Waals surface area contributed by atoms with Gasteiger partial charge < -0.3 is 14.7 Å². The molecule has 180 valence electrons. The maximum Gasteiger partial charge on any atom is 0.341 e. The smallest absolute Gasteiger partial charge is 0.341 e. The molecule has 0 aliphatic rings. The van der Waals surface area contributed by atoms with E-state index in [9.17, 15) is 9.90 Å². The molecule has 8 nitrogen and oxygen atoms in total. The fourth-order valence-corrected chi connectivity index (χ4v) is 4.39. The maximum atomic E-state index is 12.2. The molecule has 3 aromatic carbocycles. The number of halogens is 1. The molecular weight excluding hydrogens is 486 g/mol. The number of phenols is 1. The average Bonchev–Trinajstić information content (AvgIpc) is 3.20. The number of carbonyl (C=O) groups excluding carboxylic acids is 1. The fourth-order valence-electron chi connectivity index (χ4n) is 3.27. The van der Waals surface area contributed by atoms with Crippen LogP contribution in [-0.2, 0) is 13.2 Å². The highest BCUT2D eigenvalue weighted by molar-refractivity contribution is 7.22. The Labute approximate surface area is 211 Å². The van der Waals surface area contributed by atoms with Gasteiger partial charge in [-0.2, -0.15) is 5.10 Å². The number of fused-ring (bicyclic) bond motifs is 1. The SMILES string of the molecule is CN(C)Cc1ccc2nc(NC(=O)N/N=C/c3ccc(OCc4ccccc4Cl)cc3O)sc2c1. The Morgan fingerprint density at radius 2 is 2.03 bits per heavy atom. The number of aromatic hydroxyl groups is 1. The Morgan fingerprint density at radius 1 is 1.20 bits per heavy atom. The van der Waals surface area contributed by atoms with Gasteiger partial charge in [-0.1, -0.05) is 47.2 Å². The largest absolute Gasteiger partial charge is 0.507 e. The van der Waals surface area contributed by atoms with Gasteiger partial charge in [0.2, 0.25) is 0 Å². The van der Waals surface area contributed by atoms with Gasteiger partial charge in [-0.25, -0.2) is 15.2 Å². The maximum absolute atomic E-state index is 12.2. The van der Waals surface area contributed by atoms with Crippen LogP contribution in [0.3, 0.4) is 0 Å². The zero-order chi connectivity index (χ0) is 24.8. The topological polar surface area (TPSA) is 99.1 Å². The molecule has 0 atom stereocenters. The summed E-state index contributed by atoms with van der Waals surface area (Å²) in [5.74, 6) is 0.446. The first-order valence-corrected chi connectivity index (χ1v) is 11.9. The summed E-state index contributed by atoms with van der Waals surface area (Å²) in [4.78, 5) is 18.7. The number of thiazole rings is 1. The number of hydrogen-bond donors (Lipinski definition) is 3. The van der Waals surface area contributed by atoms with Gasteiger partial charge in [-0.05, 0) is 50.0 Å². The highest BCUT2D eigenvalue weighted by Crippen LogP contribution is 2.27. The summed E-state index contributed by atoms with van der Waals surface area (Å²) in [6.07, 6.45) is 1.35. The van der Waals surface area contributed by atoms with Crippen molar-refractivity contribution in [3.8, 4) is 11.5 Å². The minimum atomic E-state index is -0.534. The molecule has 1 aromatic heterocycles. The first-order chi connectivity index (χ1) is 16.9. The number of rotatable bonds is 8. The van der Waals surface area contributed by atoms with Crippen molar-refractivity contribution in [3.63, 3.8) is 0 Å². The number of carbonyl (C=O) groups is 1. The number of hydrogen-bond acceptors (Lipinski definition) is 7. The third-order valence-electron chi connectivity index (χ3n) is 4.90. The quantitative estimate of drug-likeness (QED) is 0.216. The predicted molar refractivity (Wildman–Crippen MR) is 141 cm³/mol. The van der Waals surface area contributed by atoms with Crippen molar-refractivity contribution in [1.29, 1.82) is 0 Å². The molecule has 0 aliphatic carbocycles. The Balaban J connectivity index is 1.31. The van der Waals surface area contributed by atoms with Crippen LogP contribution in [0.1, 0.15) is 16.7 Å². The number of anilines is 1. The minimum Gasteiger partial charge on any atom is -0.507 e. The first-order valence-electron chi connectivity index (χ1n) is 10.7. The Kier molecular flexibility index (Phi) is 7.81. The van der Waals surface area contributed by atoms with Crippen molar-refractivity contribution in [1.82, 2.24) is 15.3 Å². The van der Waals surface area contributed by atoms with Gasteiger partial charge in [-0.15, -0.1) is 0 Å². The number of urea groups is 1. The van der Waals surface area contributed by atoms with Crippen molar-refractivity contribution in [2.24, 2.45) is 5.10 Å². The highest BCUT2D eigenvalue weighted by atomic mass is 35.5. The van der Waals surface area contributed by atoms with Crippen molar-refractivity contribution in [3.05, 3.63) is 82.4 Å². The van der Waals surface area contributed by atoms with Crippen molar-refractivity contribution < 1.29 is 14.6 Å². The lowest BCUT2D eigenvalue weighted by atomic mass is 10.2. The molecule has 35 heavy (non-hydrogen) atoms. The number of amides is 2. The fraction of sp³-hybridized carbons (Fsp3) is 0.160. The molecule has 0 spiro atoms. The van der Waals surface area contributed by atoms with Crippen LogP contribution in [0.15, 0.2) is 65.8 Å². The molecule has 4 aromatic rings. The van der Waals surface area contributed by atoms with Crippen LogP contribution in [0.2, 0.25) is 5.02 Å². The third kappa shape index (κ3) is 6.69. The van der Waals surface area contributed by atoms with Crippen LogP contribution < -0.4 is 15.5 Å². The second-order valence-corrected chi connectivity index (χ2v) is 9.42. The lowest BCUT2D eigenvalue weighted by Crippen LogP contribution is -2.24. The molecule has 0 saturated heterocycles. The summed E-state index contributed by atoms with van der Waals surface area (Å²) >= 11 is 7.52. The summed E-state index contributed by atoms with van der Waals surface area (Å²) < 4.78 is 6.68. The van der Waals surface area contributed by atoms with Gasteiger partial charge >= 0.3 is 6.03 Å². The van der Waals surface area contributed by atoms with Crippen LogP contribution in [0, 0.1) is 0 Å². The molecule has 1 heterocycles. The number of hydrazone groups is 1. The molecule has 3 N–H and O–H groups in total. The number of nitrogens with one attached hydrogen (secondary N) is 2. The molecule has 0 unspecified atom stereocenters. The molecule has 0 bridgehead atoms. The second kappa shape index (κ2) is 11.2. The summed E-state index contributed by atoms with van der Waals surface area (Å²) in [5.41, 5.74) is 5.63. The summed E-state index contributed by atoms with van der Waals surface area (Å²) in [7, 11) is 4.03. The first kappa shape index (κ1) is 24.5. The monoisotopic (exact) mass is 509 g/mol. The van der Waals surface area contributed by atoms with E-state index in [1.807, 2.05) is 44.4 Å². The van der Waals surface area contributed by atoms with E-state index < -0.39 is 6.03 Å². The molecule has 10 heteroatoms. The van der Waals surface area contributed by atoms with Gasteiger partial charge in [0.25, 0.3) is 0 Å². The normalized spacial score (nSPS) is 11.3. The van der Waals surface area contributed by atoms with Crippen LogP contribution >= 0.6 is 22.9 Å².